The van der Waals surface area contributed by atoms with E-state index in [0.29, 0.717) is 0 Å². The summed E-state index contributed by atoms with van der Waals surface area (Å²) in [5.74, 6) is 0. The summed E-state index contributed by atoms with van der Waals surface area (Å²) in [6.45, 7) is 0. The Labute approximate surface area is 93.9 Å². The molecule has 16 heavy (non-hydrogen) atoms. The van der Waals surface area contributed by atoms with Crippen molar-refractivity contribution in [1.82, 2.24) is 0 Å². The fourth-order valence-corrected chi connectivity index (χ4v) is 3.20. The summed E-state index contributed by atoms with van der Waals surface area (Å²) in [4.78, 5) is 0.231. The van der Waals surface area contributed by atoms with Crippen LogP contribution in [0.2, 0.25) is 0 Å². The highest BCUT2D eigenvalue weighted by molar-refractivity contribution is 7.89. The average Bonchev–Trinajstić information content (AvgIpc) is 2.63. The second kappa shape index (κ2) is 3.06. The number of aryl methyl sites for hydroxylation is 2. The first-order valence-electron chi connectivity index (χ1n) is 5.13. The van der Waals surface area contributed by atoms with E-state index in [1.165, 1.54) is 11.1 Å². The predicted molar refractivity (Wildman–Crippen MR) is 62.7 cm³/mol. The first-order chi connectivity index (χ1) is 7.57. The lowest BCUT2D eigenvalue weighted by Gasteiger charge is -2.06. The molecule has 0 heterocycles. The summed E-state index contributed by atoms with van der Waals surface area (Å²) in [7, 11) is -3.64. The van der Waals surface area contributed by atoms with Gasteiger partial charge in [0.05, 0.1) is 4.90 Å². The van der Waals surface area contributed by atoms with Crippen molar-refractivity contribution in [2.24, 2.45) is 5.14 Å². The minimum absolute atomic E-state index is 0.231. The Hall–Kier alpha value is -1.39. The van der Waals surface area contributed by atoms with Crippen molar-refractivity contribution in [2.45, 2.75) is 17.7 Å². The minimum Gasteiger partial charge on any atom is -0.225 e. The number of sulfonamides is 1. The van der Waals surface area contributed by atoms with Crippen LogP contribution in [-0.4, -0.2) is 8.42 Å². The first kappa shape index (κ1) is 9.81. The molecule has 0 amide bonds. The molecule has 82 valence electrons. The van der Waals surface area contributed by atoms with Gasteiger partial charge >= 0.3 is 0 Å². The molecule has 2 aromatic rings. The van der Waals surface area contributed by atoms with Gasteiger partial charge in [0.1, 0.15) is 0 Å². The van der Waals surface area contributed by atoms with Crippen molar-refractivity contribution in [2.75, 3.05) is 0 Å². The maximum absolute atomic E-state index is 11.5. The molecule has 0 radical (unpaired) electrons. The summed E-state index contributed by atoms with van der Waals surface area (Å²) in [6, 6.07) is 9.25. The number of benzene rings is 2. The number of nitrogens with two attached hydrogens (primary N) is 1. The van der Waals surface area contributed by atoms with Crippen LogP contribution in [-0.2, 0) is 22.9 Å². The molecule has 1 aliphatic carbocycles. The Morgan fingerprint density at radius 3 is 2.38 bits per heavy atom. The van der Waals surface area contributed by atoms with E-state index in [9.17, 15) is 8.42 Å². The van der Waals surface area contributed by atoms with Gasteiger partial charge in [-0.05, 0) is 35.4 Å². The van der Waals surface area contributed by atoms with E-state index in [4.69, 9.17) is 5.14 Å². The van der Waals surface area contributed by atoms with E-state index in [-0.39, 0.29) is 4.90 Å². The zero-order valence-corrected chi connectivity index (χ0v) is 9.42. The van der Waals surface area contributed by atoms with Crippen LogP contribution in [0.1, 0.15) is 11.1 Å². The Bertz CT molecular complexity index is 679. The highest BCUT2D eigenvalue weighted by Gasteiger charge is 2.19. The normalized spacial score (nSPS) is 14.6. The number of hydrogen-bond donors (Lipinski definition) is 1. The fourth-order valence-electron chi connectivity index (χ4n) is 2.47. The maximum atomic E-state index is 11.5. The summed E-state index contributed by atoms with van der Waals surface area (Å²) >= 11 is 0. The van der Waals surface area contributed by atoms with Gasteiger partial charge in [-0.25, -0.2) is 13.6 Å². The van der Waals surface area contributed by atoms with Gasteiger partial charge in [-0.1, -0.05) is 24.3 Å². The SMILES string of the molecule is NS(=O)(=O)c1ccc2c3c(cccc13)CC2. The van der Waals surface area contributed by atoms with Crippen LogP contribution >= 0.6 is 0 Å². The molecule has 0 saturated heterocycles. The van der Waals surface area contributed by atoms with Crippen LogP contribution in [0.15, 0.2) is 35.2 Å². The molecule has 0 fully saturated rings. The van der Waals surface area contributed by atoms with Crippen molar-refractivity contribution in [3.63, 3.8) is 0 Å². The van der Waals surface area contributed by atoms with E-state index < -0.39 is 10.0 Å². The van der Waals surface area contributed by atoms with Gasteiger partial charge in [0.25, 0.3) is 0 Å². The van der Waals surface area contributed by atoms with Crippen LogP contribution < -0.4 is 5.14 Å². The third-order valence-electron chi connectivity index (χ3n) is 3.14. The Kier molecular flexibility index (Phi) is 1.87. The zero-order valence-electron chi connectivity index (χ0n) is 8.60. The summed E-state index contributed by atoms with van der Waals surface area (Å²) in [5.41, 5.74) is 2.44. The lowest BCUT2D eigenvalue weighted by Crippen LogP contribution is -2.12. The fraction of sp³-hybridized carbons (Fsp3) is 0.167. The van der Waals surface area contributed by atoms with Crippen LogP contribution in [0.5, 0.6) is 0 Å². The Balaban J connectivity index is 2.52. The van der Waals surface area contributed by atoms with Crippen molar-refractivity contribution in [3.8, 4) is 0 Å². The third kappa shape index (κ3) is 1.27. The molecule has 0 aliphatic heterocycles. The summed E-state index contributed by atoms with van der Waals surface area (Å²) in [6.07, 6.45) is 1.97. The second-order valence-electron chi connectivity index (χ2n) is 4.11. The molecule has 0 aromatic heterocycles. The van der Waals surface area contributed by atoms with Crippen molar-refractivity contribution in [1.29, 1.82) is 0 Å². The molecule has 0 atom stereocenters. The van der Waals surface area contributed by atoms with Crippen molar-refractivity contribution >= 4 is 20.8 Å². The molecular weight excluding hydrogens is 222 g/mol. The molecule has 0 spiro atoms. The first-order valence-corrected chi connectivity index (χ1v) is 6.68. The summed E-state index contributed by atoms with van der Waals surface area (Å²) in [5, 5.41) is 7.05. The largest absolute Gasteiger partial charge is 0.238 e. The van der Waals surface area contributed by atoms with Gasteiger partial charge in [-0.3, -0.25) is 0 Å². The molecular formula is C12H11NO2S. The van der Waals surface area contributed by atoms with Gasteiger partial charge in [0.15, 0.2) is 0 Å². The Morgan fingerprint density at radius 1 is 1.00 bits per heavy atom. The van der Waals surface area contributed by atoms with Crippen LogP contribution in [0, 0.1) is 0 Å². The van der Waals surface area contributed by atoms with Crippen LogP contribution in [0.4, 0.5) is 0 Å². The van der Waals surface area contributed by atoms with Gasteiger partial charge in [-0.15, -0.1) is 0 Å². The molecule has 0 bridgehead atoms. The maximum Gasteiger partial charge on any atom is 0.238 e. The molecule has 2 aromatic carbocycles. The topological polar surface area (TPSA) is 60.2 Å². The highest BCUT2D eigenvalue weighted by atomic mass is 32.2. The van der Waals surface area contributed by atoms with Gasteiger partial charge < -0.3 is 0 Å². The molecule has 2 N–H and O–H groups in total. The highest BCUT2D eigenvalue weighted by Crippen LogP contribution is 2.33. The van der Waals surface area contributed by atoms with Gasteiger partial charge in [0, 0.05) is 5.39 Å². The number of hydrogen-bond acceptors (Lipinski definition) is 2. The lowest BCUT2D eigenvalue weighted by atomic mass is 10.1. The molecule has 1 aliphatic rings. The molecule has 0 saturated carbocycles. The predicted octanol–water partition coefficient (Wildman–Crippen LogP) is 1.59. The zero-order chi connectivity index (χ0) is 11.3. The standard InChI is InChI=1S/C12H11NO2S/c13-16(14,15)11-7-6-9-5-4-8-2-1-3-10(11)12(8)9/h1-3,6-7H,4-5H2,(H2,13,14,15). The van der Waals surface area contributed by atoms with Crippen molar-refractivity contribution in [3.05, 3.63) is 41.5 Å². The van der Waals surface area contributed by atoms with Gasteiger partial charge in [-0.2, -0.15) is 0 Å². The van der Waals surface area contributed by atoms with E-state index in [1.807, 2.05) is 24.3 Å². The van der Waals surface area contributed by atoms with E-state index in [2.05, 4.69) is 0 Å². The molecule has 4 heteroatoms. The van der Waals surface area contributed by atoms with E-state index in [1.54, 1.807) is 6.07 Å². The van der Waals surface area contributed by atoms with Crippen molar-refractivity contribution < 1.29 is 8.42 Å². The van der Waals surface area contributed by atoms with Crippen LogP contribution in [0.3, 0.4) is 0 Å². The third-order valence-corrected chi connectivity index (χ3v) is 4.11. The molecule has 0 unspecified atom stereocenters. The molecule has 3 rings (SSSR count). The number of rotatable bonds is 1. The van der Waals surface area contributed by atoms with E-state index in [0.717, 1.165) is 23.6 Å². The Morgan fingerprint density at radius 2 is 1.69 bits per heavy atom. The summed E-state index contributed by atoms with van der Waals surface area (Å²) < 4.78 is 22.9. The van der Waals surface area contributed by atoms with Gasteiger partial charge in [0.2, 0.25) is 10.0 Å². The average molecular weight is 233 g/mol. The molecule has 3 nitrogen and oxygen atoms in total. The quantitative estimate of drug-likeness (QED) is 0.813. The van der Waals surface area contributed by atoms with E-state index >= 15 is 0 Å². The second-order valence-corrected chi connectivity index (χ2v) is 5.64. The monoisotopic (exact) mass is 233 g/mol. The number of primary sulfonamides is 1. The smallest absolute Gasteiger partial charge is 0.225 e. The lowest BCUT2D eigenvalue weighted by molar-refractivity contribution is 0.598. The van der Waals surface area contributed by atoms with Crippen LogP contribution in [0.25, 0.3) is 10.8 Å². The minimum atomic E-state index is -3.64.